The van der Waals surface area contributed by atoms with Crippen LogP contribution in [0.4, 0.5) is 11.5 Å². The van der Waals surface area contributed by atoms with E-state index in [1.807, 2.05) is 13.8 Å². The van der Waals surface area contributed by atoms with Crippen LogP contribution in [-0.4, -0.2) is 21.9 Å². The molecular weight excluding hydrogens is 311 g/mol. The summed E-state index contributed by atoms with van der Waals surface area (Å²) in [6, 6.07) is 5.07. The Morgan fingerprint density at radius 1 is 1.19 bits per heavy atom. The first-order valence-electron chi connectivity index (χ1n) is 6.30. The highest BCUT2D eigenvalue weighted by Gasteiger charge is 2.11. The molecule has 0 aliphatic rings. The van der Waals surface area contributed by atoms with Crippen molar-refractivity contribution in [3.8, 4) is 0 Å². The molecule has 21 heavy (non-hydrogen) atoms. The normalized spacial score (nSPS) is 10.5. The number of hydrogen-bond donors (Lipinski definition) is 2. The van der Waals surface area contributed by atoms with Gasteiger partial charge < -0.3 is 10.6 Å². The lowest BCUT2D eigenvalue weighted by molar-refractivity contribution is 0.102. The van der Waals surface area contributed by atoms with Crippen LogP contribution in [0.5, 0.6) is 0 Å². The van der Waals surface area contributed by atoms with Gasteiger partial charge in [-0.25, -0.2) is 9.97 Å². The highest BCUT2D eigenvalue weighted by atomic mass is 35.5. The molecule has 0 unspecified atom stereocenters. The summed E-state index contributed by atoms with van der Waals surface area (Å²) >= 11 is 11.8. The molecule has 0 atom stereocenters. The predicted molar refractivity (Wildman–Crippen MR) is 85.2 cm³/mol. The van der Waals surface area contributed by atoms with Gasteiger partial charge in [-0.1, -0.05) is 23.2 Å². The van der Waals surface area contributed by atoms with E-state index in [1.165, 1.54) is 12.4 Å². The van der Waals surface area contributed by atoms with Crippen LogP contribution < -0.4 is 10.6 Å². The third-order valence-electron chi connectivity index (χ3n) is 2.50. The van der Waals surface area contributed by atoms with E-state index in [0.29, 0.717) is 21.6 Å². The average molecular weight is 325 g/mol. The van der Waals surface area contributed by atoms with Crippen LogP contribution in [0.2, 0.25) is 10.0 Å². The van der Waals surface area contributed by atoms with Crippen molar-refractivity contribution in [1.82, 2.24) is 9.97 Å². The fourth-order valence-corrected chi connectivity index (χ4v) is 2.05. The highest BCUT2D eigenvalue weighted by Crippen LogP contribution is 2.25. The second kappa shape index (κ2) is 6.74. The number of rotatable bonds is 4. The van der Waals surface area contributed by atoms with Crippen LogP contribution in [0.1, 0.15) is 24.3 Å². The SMILES string of the molecule is CC(C)Nc1cnc(C(=O)Nc2ccc(Cl)cc2Cl)cn1. The lowest BCUT2D eigenvalue weighted by atomic mass is 10.3. The molecule has 2 N–H and O–H groups in total. The lowest BCUT2D eigenvalue weighted by Crippen LogP contribution is -2.16. The van der Waals surface area contributed by atoms with Crippen LogP contribution in [0.15, 0.2) is 30.6 Å². The molecule has 0 aliphatic heterocycles. The molecule has 0 aliphatic carbocycles. The predicted octanol–water partition coefficient (Wildman–Crippen LogP) is 3.86. The fourth-order valence-electron chi connectivity index (χ4n) is 1.59. The van der Waals surface area contributed by atoms with Crippen molar-refractivity contribution in [3.05, 3.63) is 46.3 Å². The average Bonchev–Trinajstić information content (AvgIpc) is 2.42. The Morgan fingerprint density at radius 3 is 2.52 bits per heavy atom. The summed E-state index contributed by atoms with van der Waals surface area (Å²) in [5.41, 5.74) is 0.674. The van der Waals surface area contributed by atoms with E-state index in [9.17, 15) is 4.79 Å². The smallest absolute Gasteiger partial charge is 0.275 e. The van der Waals surface area contributed by atoms with Crippen molar-refractivity contribution in [2.75, 3.05) is 10.6 Å². The third-order valence-corrected chi connectivity index (χ3v) is 3.05. The Labute approximate surface area is 132 Å². The van der Waals surface area contributed by atoms with Crippen LogP contribution in [0.25, 0.3) is 0 Å². The van der Waals surface area contributed by atoms with Crippen molar-refractivity contribution in [3.63, 3.8) is 0 Å². The minimum Gasteiger partial charge on any atom is -0.367 e. The van der Waals surface area contributed by atoms with Gasteiger partial charge in [-0.2, -0.15) is 0 Å². The lowest BCUT2D eigenvalue weighted by Gasteiger charge is -2.09. The topological polar surface area (TPSA) is 66.9 Å². The Morgan fingerprint density at radius 2 is 1.95 bits per heavy atom. The summed E-state index contributed by atoms with van der Waals surface area (Å²) < 4.78 is 0. The number of halogens is 2. The molecule has 110 valence electrons. The summed E-state index contributed by atoms with van der Waals surface area (Å²) in [6.07, 6.45) is 2.92. The van der Waals surface area contributed by atoms with Crippen molar-refractivity contribution in [2.45, 2.75) is 19.9 Å². The van der Waals surface area contributed by atoms with Crippen LogP contribution in [0.3, 0.4) is 0 Å². The summed E-state index contributed by atoms with van der Waals surface area (Å²) in [5.74, 6) is 0.230. The number of hydrogen-bond acceptors (Lipinski definition) is 4. The standard InChI is InChI=1S/C14H14Cl2N4O/c1-8(2)19-13-7-17-12(6-18-13)14(21)20-11-4-3-9(15)5-10(11)16/h3-8H,1-2H3,(H,18,19)(H,20,21). The molecule has 1 amide bonds. The maximum atomic E-state index is 12.1. The number of benzene rings is 1. The maximum Gasteiger partial charge on any atom is 0.275 e. The molecule has 0 saturated heterocycles. The molecule has 1 aromatic carbocycles. The van der Waals surface area contributed by atoms with Crippen molar-refractivity contribution >= 4 is 40.6 Å². The van der Waals surface area contributed by atoms with Gasteiger partial charge in [0, 0.05) is 11.1 Å². The summed E-state index contributed by atoms with van der Waals surface area (Å²) in [5, 5.41) is 6.62. The van der Waals surface area contributed by atoms with E-state index in [1.54, 1.807) is 18.2 Å². The van der Waals surface area contributed by atoms with E-state index in [2.05, 4.69) is 20.6 Å². The molecule has 0 radical (unpaired) electrons. The van der Waals surface area contributed by atoms with Crippen molar-refractivity contribution in [2.24, 2.45) is 0 Å². The van der Waals surface area contributed by atoms with Gasteiger partial charge in [0.05, 0.1) is 23.1 Å². The Kier molecular flexibility index (Phi) is 4.98. The molecular formula is C14H14Cl2N4O. The molecule has 0 saturated carbocycles. The van der Waals surface area contributed by atoms with Gasteiger partial charge in [-0.15, -0.1) is 0 Å². The third kappa shape index (κ3) is 4.31. The second-order valence-corrected chi connectivity index (χ2v) is 5.51. The zero-order valence-corrected chi connectivity index (χ0v) is 13.0. The van der Waals surface area contributed by atoms with Crippen molar-refractivity contribution in [1.29, 1.82) is 0 Å². The zero-order valence-electron chi connectivity index (χ0n) is 11.5. The van der Waals surface area contributed by atoms with Crippen LogP contribution >= 0.6 is 23.2 Å². The van der Waals surface area contributed by atoms with E-state index in [0.717, 1.165) is 0 Å². The highest BCUT2D eigenvalue weighted by molar-refractivity contribution is 6.36. The first-order chi connectivity index (χ1) is 9.95. The van der Waals surface area contributed by atoms with Crippen molar-refractivity contribution < 1.29 is 4.79 Å². The van der Waals surface area contributed by atoms with E-state index >= 15 is 0 Å². The van der Waals surface area contributed by atoms with Crippen LogP contribution in [-0.2, 0) is 0 Å². The van der Waals surface area contributed by atoms with Crippen LogP contribution in [0, 0.1) is 0 Å². The monoisotopic (exact) mass is 324 g/mol. The summed E-state index contributed by atoms with van der Waals surface area (Å²) in [6.45, 7) is 3.98. The number of amides is 1. The Bertz CT molecular complexity index is 644. The first-order valence-corrected chi connectivity index (χ1v) is 7.06. The second-order valence-electron chi connectivity index (χ2n) is 4.66. The molecule has 0 spiro atoms. The number of anilines is 2. The molecule has 1 aromatic heterocycles. The van der Waals surface area contributed by atoms with Gasteiger partial charge in [0.2, 0.25) is 0 Å². The minimum atomic E-state index is -0.386. The Balaban J connectivity index is 2.09. The molecule has 2 rings (SSSR count). The molecule has 7 heteroatoms. The van der Waals surface area contributed by atoms with Gasteiger partial charge in [0.1, 0.15) is 11.5 Å². The number of aromatic nitrogens is 2. The Hall–Kier alpha value is -1.85. The maximum absolute atomic E-state index is 12.1. The molecule has 0 bridgehead atoms. The largest absolute Gasteiger partial charge is 0.367 e. The summed E-state index contributed by atoms with van der Waals surface area (Å²) in [4.78, 5) is 20.3. The number of nitrogens with zero attached hydrogens (tertiary/aromatic N) is 2. The fraction of sp³-hybridized carbons (Fsp3) is 0.214. The molecule has 1 heterocycles. The number of carbonyl (C=O) groups is 1. The van der Waals surface area contributed by atoms with Gasteiger partial charge >= 0.3 is 0 Å². The van der Waals surface area contributed by atoms with E-state index in [-0.39, 0.29) is 17.6 Å². The number of nitrogens with one attached hydrogen (secondary N) is 2. The van der Waals surface area contributed by atoms with Gasteiger partial charge in [0.15, 0.2) is 0 Å². The van der Waals surface area contributed by atoms with E-state index in [4.69, 9.17) is 23.2 Å². The van der Waals surface area contributed by atoms with Gasteiger partial charge in [-0.3, -0.25) is 4.79 Å². The number of carbonyl (C=O) groups excluding carboxylic acids is 1. The molecule has 0 fully saturated rings. The zero-order chi connectivity index (χ0) is 15.4. The minimum absolute atomic E-state index is 0.204. The summed E-state index contributed by atoms with van der Waals surface area (Å²) in [7, 11) is 0. The molecule has 2 aromatic rings. The van der Waals surface area contributed by atoms with E-state index < -0.39 is 0 Å². The quantitative estimate of drug-likeness (QED) is 0.896. The molecule has 5 nitrogen and oxygen atoms in total. The van der Waals surface area contributed by atoms with Gasteiger partial charge in [-0.05, 0) is 32.0 Å². The van der Waals surface area contributed by atoms with Gasteiger partial charge in [0.25, 0.3) is 5.91 Å². The first kappa shape index (κ1) is 15.5.